The lowest BCUT2D eigenvalue weighted by Crippen LogP contribution is -2.45. The van der Waals surface area contributed by atoms with Gasteiger partial charge in [-0.25, -0.2) is 9.37 Å². The summed E-state index contributed by atoms with van der Waals surface area (Å²) >= 11 is 1.53. The van der Waals surface area contributed by atoms with Crippen LogP contribution in [-0.2, 0) is 14.3 Å². The molecule has 6 atom stereocenters. The second-order valence-corrected chi connectivity index (χ2v) is 11.9. The summed E-state index contributed by atoms with van der Waals surface area (Å²) in [5.74, 6) is -2.23. The molecule has 0 saturated heterocycles. The van der Waals surface area contributed by atoms with Crippen LogP contribution in [0.2, 0.25) is 0 Å². The third-order valence-corrected chi connectivity index (χ3v) is 8.08. The van der Waals surface area contributed by atoms with Crippen LogP contribution in [0.1, 0.15) is 84.3 Å². The summed E-state index contributed by atoms with van der Waals surface area (Å²) in [4.78, 5) is 30.5. The summed E-state index contributed by atoms with van der Waals surface area (Å²) < 4.78 is 20.5. The molecule has 1 unspecified atom stereocenters. The topological polar surface area (TPSA) is 96.7 Å². The average Bonchev–Trinajstić information content (AvgIpc) is 3.22. The Hall–Kier alpha value is -1.90. The first kappa shape index (κ1) is 30.3. The Morgan fingerprint density at radius 3 is 2.53 bits per heavy atom. The molecule has 2 heterocycles. The maximum Gasteiger partial charge on any atom is 0.309 e. The van der Waals surface area contributed by atoms with Crippen LogP contribution in [0.3, 0.4) is 0 Å². The van der Waals surface area contributed by atoms with Crippen LogP contribution in [0.25, 0.3) is 6.08 Å². The van der Waals surface area contributed by atoms with Crippen LogP contribution in [0.15, 0.2) is 22.6 Å². The van der Waals surface area contributed by atoms with Gasteiger partial charge < -0.3 is 14.9 Å². The van der Waals surface area contributed by atoms with Gasteiger partial charge in [0.25, 0.3) is 0 Å². The minimum absolute atomic E-state index is 0.147. The number of aromatic nitrogens is 1. The molecule has 2 N–H and O–H groups in total. The number of rotatable bonds is 2. The highest BCUT2D eigenvalue weighted by atomic mass is 32.1. The fourth-order valence-electron chi connectivity index (χ4n) is 4.57. The lowest BCUT2D eigenvalue weighted by Gasteiger charge is -2.34. The highest BCUT2D eigenvalue weighted by Crippen LogP contribution is 2.33. The molecule has 0 fully saturated rings. The van der Waals surface area contributed by atoms with Crippen LogP contribution >= 0.6 is 11.3 Å². The monoisotopic (exact) mass is 523 g/mol. The van der Waals surface area contributed by atoms with E-state index in [2.05, 4.69) is 4.98 Å². The SMILES string of the molecule is C/C1=C/C[C@@H](/C(C)=C/c2csc(C)n2)OC(=O)C[C@H](O)C(C)(C)C(=O)[C@H](C)[C@@H](O)[C@@H](C)CC(F)CC1. The third-order valence-electron chi connectivity index (χ3n) is 7.29. The molecule has 1 aromatic heterocycles. The third kappa shape index (κ3) is 8.32. The smallest absolute Gasteiger partial charge is 0.309 e. The van der Waals surface area contributed by atoms with Gasteiger partial charge in [-0.1, -0.05) is 39.3 Å². The van der Waals surface area contributed by atoms with Gasteiger partial charge in [0.15, 0.2) is 0 Å². The molecular formula is C28H42FNO5S. The van der Waals surface area contributed by atoms with Crippen LogP contribution in [0, 0.1) is 24.2 Å². The van der Waals surface area contributed by atoms with E-state index in [0.717, 1.165) is 21.8 Å². The summed E-state index contributed by atoms with van der Waals surface area (Å²) in [6.45, 7) is 12.2. The first-order valence-electron chi connectivity index (χ1n) is 12.7. The zero-order valence-corrected chi connectivity index (χ0v) is 23.4. The van der Waals surface area contributed by atoms with Crippen molar-refractivity contribution in [2.75, 3.05) is 0 Å². The van der Waals surface area contributed by atoms with Gasteiger partial charge in [0.1, 0.15) is 18.1 Å². The Balaban J connectivity index is 2.35. The second-order valence-electron chi connectivity index (χ2n) is 10.9. The number of ketones is 1. The van der Waals surface area contributed by atoms with Crippen molar-refractivity contribution in [2.45, 2.75) is 105 Å². The van der Waals surface area contributed by atoms with Gasteiger partial charge in [-0.2, -0.15) is 0 Å². The van der Waals surface area contributed by atoms with Crippen LogP contribution < -0.4 is 0 Å². The molecule has 0 saturated carbocycles. The molecular weight excluding hydrogens is 481 g/mol. The number of nitrogens with zero attached hydrogens (tertiary/aromatic N) is 1. The molecule has 2 rings (SSSR count). The quantitative estimate of drug-likeness (QED) is 0.387. The number of carbonyl (C=O) groups excluding carboxylic acids is 2. The number of cyclic esters (lactones) is 1. The largest absolute Gasteiger partial charge is 0.457 e. The number of hydrogen-bond donors (Lipinski definition) is 2. The number of hydrogen-bond acceptors (Lipinski definition) is 7. The van der Waals surface area contributed by atoms with E-state index < -0.39 is 47.7 Å². The van der Waals surface area contributed by atoms with E-state index in [0.29, 0.717) is 19.3 Å². The minimum atomic E-state index is -1.30. The van der Waals surface area contributed by atoms with Crippen LogP contribution in [-0.4, -0.2) is 51.4 Å². The highest BCUT2D eigenvalue weighted by molar-refractivity contribution is 7.09. The van der Waals surface area contributed by atoms with Crippen molar-refractivity contribution in [3.63, 3.8) is 0 Å². The predicted octanol–water partition coefficient (Wildman–Crippen LogP) is 5.60. The van der Waals surface area contributed by atoms with Crippen molar-refractivity contribution in [3.8, 4) is 0 Å². The van der Waals surface area contributed by atoms with Gasteiger partial charge in [0.2, 0.25) is 0 Å². The first-order valence-corrected chi connectivity index (χ1v) is 13.6. The van der Waals surface area contributed by atoms with Gasteiger partial charge >= 0.3 is 5.97 Å². The summed E-state index contributed by atoms with van der Waals surface area (Å²) in [6.07, 6.45) is 0.835. The number of thiazole rings is 1. The molecule has 0 aliphatic carbocycles. The van der Waals surface area contributed by atoms with Gasteiger partial charge in [0.05, 0.1) is 34.7 Å². The van der Waals surface area contributed by atoms with Crippen LogP contribution in [0.5, 0.6) is 0 Å². The molecule has 0 aromatic carbocycles. The van der Waals surface area contributed by atoms with Crippen molar-refractivity contribution in [3.05, 3.63) is 33.3 Å². The number of aliphatic hydroxyl groups excluding tert-OH is 2. The van der Waals surface area contributed by atoms with Crippen molar-refractivity contribution in [1.29, 1.82) is 0 Å². The van der Waals surface area contributed by atoms with E-state index in [9.17, 15) is 24.2 Å². The zero-order chi connectivity index (χ0) is 27.2. The molecule has 0 bridgehead atoms. The standard InChI is InChI=1S/C28H42FNO5S/c1-16-8-10-21(29)12-18(3)26(33)19(4)27(34)28(6,7)24(31)14-25(32)35-23(11-9-16)17(2)13-22-15-36-20(5)30-22/h9,13,15,18-19,21,23-24,26,31,33H,8,10-12,14H2,1-7H3/b16-9-,17-13+/t18-,19+,21?,23-,24-,26-/m0/s1. The lowest BCUT2D eigenvalue weighted by atomic mass is 9.73. The number of esters is 1. The van der Waals surface area contributed by atoms with Crippen molar-refractivity contribution >= 4 is 29.2 Å². The molecule has 6 nitrogen and oxygen atoms in total. The average molecular weight is 524 g/mol. The Labute approximate surface area is 218 Å². The predicted molar refractivity (Wildman–Crippen MR) is 141 cm³/mol. The van der Waals surface area contributed by atoms with Crippen molar-refractivity contribution < 1.29 is 28.9 Å². The Morgan fingerprint density at radius 2 is 1.92 bits per heavy atom. The maximum absolute atomic E-state index is 14.8. The van der Waals surface area contributed by atoms with Crippen molar-refractivity contribution in [1.82, 2.24) is 4.98 Å². The number of ether oxygens (including phenoxy) is 1. The minimum Gasteiger partial charge on any atom is -0.457 e. The molecule has 1 aliphatic heterocycles. The summed E-state index contributed by atoms with van der Waals surface area (Å²) in [6, 6.07) is 0. The molecule has 8 heteroatoms. The number of carbonyl (C=O) groups is 2. The number of aryl methyl sites for hydroxylation is 1. The number of Topliss-reactive ketones (excluding diaryl/α,β-unsaturated/α-hetero) is 1. The number of halogens is 1. The lowest BCUT2D eigenvalue weighted by molar-refractivity contribution is -0.154. The fraction of sp³-hybridized carbons (Fsp3) is 0.679. The molecule has 0 radical (unpaired) electrons. The van der Waals surface area contributed by atoms with E-state index >= 15 is 0 Å². The summed E-state index contributed by atoms with van der Waals surface area (Å²) in [5.41, 5.74) is 1.27. The zero-order valence-electron chi connectivity index (χ0n) is 22.6. The molecule has 1 aromatic rings. The number of alkyl halides is 1. The summed E-state index contributed by atoms with van der Waals surface area (Å²) in [7, 11) is 0. The molecule has 0 spiro atoms. The maximum atomic E-state index is 14.8. The van der Waals surface area contributed by atoms with E-state index in [4.69, 9.17) is 4.74 Å². The normalized spacial score (nSPS) is 33.4. The van der Waals surface area contributed by atoms with E-state index in [-0.39, 0.29) is 18.6 Å². The molecule has 36 heavy (non-hydrogen) atoms. The fourth-order valence-corrected chi connectivity index (χ4v) is 5.14. The Kier molecular flexibility index (Phi) is 11.0. The Morgan fingerprint density at radius 1 is 1.25 bits per heavy atom. The van der Waals surface area contributed by atoms with E-state index in [1.807, 2.05) is 38.3 Å². The molecule has 202 valence electrons. The van der Waals surface area contributed by atoms with Crippen LogP contribution in [0.4, 0.5) is 4.39 Å². The number of aliphatic hydroxyl groups is 2. The van der Waals surface area contributed by atoms with E-state index in [1.54, 1.807) is 27.7 Å². The summed E-state index contributed by atoms with van der Waals surface area (Å²) in [5, 5.41) is 24.5. The number of allylic oxidation sites excluding steroid dienone is 1. The second kappa shape index (κ2) is 13.1. The van der Waals surface area contributed by atoms with E-state index in [1.165, 1.54) is 11.3 Å². The highest BCUT2D eigenvalue weighted by Gasteiger charge is 2.42. The molecule has 1 aliphatic rings. The first-order chi connectivity index (χ1) is 16.7. The Bertz CT molecular complexity index is 969. The van der Waals surface area contributed by atoms with Gasteiger partial charge in [-0.05, 0) is 57.6 Å². The van der Waals surface area contributed by atoms with Gasteiger partial charge in [-0.15, -0.1) is 11.3 Å². The van der Waals surface area contributed by atoms with Gasteiger partial charge in [0, 0.05) is 17.7 Å². The molecule has 0 amide bonds. The van der Waals surface area contributed by atoms with Gasteiger partial charge in [-0.3, -0.25) is 9.59 Å². The van der Waals surface area contributed by atoms with Crippen molar-refractivity contribution in [2.24, 2.45) is 17.3 Å².